The van der Waals surface area contributed by atoms with E-state index in [-0.39, 0.29) is 0 Å². The topological polar surface area (TPSA) is 26.8 Å². The molecule has 114 valence electrons. The third-order valence-electron chi connectivity index (χ3n) is 5.32. The molecule has 2 atom stereocenters. The number of hydrogen-bond donors (Lipinski definition) is 0. The first-order valence-electron chi connectivity index (χ1n) is 8.46. The third-order valence-corrected chi connectivity index (χ3v) is 5.32. The van der Waals surface area contributed by atoms with E-state index < -0.39 is 0 Å². The summed E-state index contributed by atoms with van der Waals surface area (Å²) in [5.74, 6) is 1.07. The van der Waals surface area contributed by atoms with Crippen LogP contribution in [0.5, 0.6) is 0 Å². The molecule has 0 aliphatic carbocycles. The molecular formula is C16H29N3O. The van der Waals surface area contributed by atoms with Gasteiger partial charge in [-0.15, -0.1) is 0 Å². The van der Waals surface area contributed by atoms with Crippen LogP contribution in [0.25, 0.3) is 0 Å². The zero-order valence-corrected chi connectivity index (χ0v) is 12.9. The molecule has 4 nitrogen and oxygen atoms in total. The van der Waals surface area contributed by atoms with Crippen LogP contribution < -0.4 is 0 Å². The SMILES string of the molecule is CC1CCN(C(=O)CCN2CCC(N3CCCC3)C2)C1. The summed E-state index contributed by atoms with van der Waals surface area (Å²) in [6, 6.07) is 0.763. The van der Waals surface area contributed by atoms with Gasteiger partial charge < -0.3 is 9.80 Å². The van der Waals surface area contributed by atoms with Gasteiger partial charge in [-0.3, -0.25) is 9.69 Å². The minimum Gasteiger partial charge on any atom is -0.342 e. The summed E-state index contributed by atoms with van der Waals surface area (Å²) < 4.78 is 0. The molecule has 3 heterocycles. The smallest absolute Gasteiger partial charge is 0.223 e. The van der Waals surface area contributed by atoms with Crippen LogP contribution in [0.4, 0.5) is 0 Å². The zero-order chi connectivity index (χ0) is 13.9. The normalized spacial score (nSPS) is 32.4. The first-order valence-corrected chi connectivity index (χ1v) is 8.46. The number of carbonyl (C=O) groups is 1. The Morgan fingerprint density at radius 2 is 1.85 bits per heavy atom. The van der Waals surface area contributed by atoms with Gasteiger partial charge in [0.25, 0.3) is 0 Å². The third kappa shape index (κ3) is 3.34. The second-order valence-corrected chi connectivity index (χ2v) is 6.97. The molecule has 0 saturated carbocycles. The number of nitrogens with zero attached hydrogens (tertiary/aromatic N) is 3. The second-order valence-electron chi connectivity index (χ2n) is 6.97. The van der Waals surface area contributed by atoms with Gasteiger partial charge in [0.15, 0.2) is 0 Å². The van der Waals surface area contributed by atoms with Crippen molar-refractivity contribution >= 4 is 5.91 Å². The van der Waals surface area contributed by atoms with E-state index >= 15 is 0 Å². The van der Waals surface area contributed by atoms with Crippen LogP contribution in [0, 0.1) is 5.92 Å². The van der Waals surface area contributed by atoms with E-state index in [1.165, 1.54) is 51.9 Å². The minimum atomic E-state index is 0.374. The summed E-state index contributed by atoms with van der Waals surface area (Å²) in [6.07, 6.45) is 5.96. The molecule has 0 aromatic heterocycles. The summed E-state index contributed by atoms with van der Waals surface area (Å²) in [5, 5.41) is 0. The quantitative estimate of drug-likeness (QED) is 0.778. The summed E-state index contributed by atoms with van der Waals surface area (Å²) in [6.45, 7) is 10.1. The molecule has 3 rings (SSSR count). The fourth-order valence-corrected chi connectivity index (χ4v) is 3.99. The Bertz CT molecular complexity index is 341. The van der Waals surface area contributed by atoms with Crippen LogP contribution in [-0.4, -0.2) is 72.5 Å². The van der Waals surface area contributed by atoms with Gasteiger partial charge in [-0.1, -0.05) is 6.92 Å². The zero-order valence-electron chi connectivity index (χ0n) is 12.9. The van der Waals surface area contributed by atoms with Gasteiger partial charge in [-0.25, -0.2) is 0 Å². The van der Waals surface area contributed by atoms with Crippen LogP contribution in [0.15, 0.2) is 0 Å². The molecule has 3 aliphatic heterocycles. The Balaban J connectivity index is 1.37. The highest BCUT2D eigenvalue weighted by Crippen LogP contribution is 2.21. The van der Waals surface area contributed by atoms with Crippen molar-refractivity contribution in [2.75, 3.05) is 45.8 Å². The van der Waals surface area contributed by atoms with Crippen molar-refractivity contribution in [3.05, 3.63) is 0 Å². The van der Waals surface area contributed by atoms with Crippen LogP contribution in [-0.2, 0) is 4.79 Å². The van der Waals surface area contributed by atoms with Crippen LogP contribution in [0.2, 0.25) is 0 Å². The number of likely N-dealkylation sites (tertiary alicyclic amines) is 3. The van der Waals surface area contributed by atoms with Crippen molar-refractivity contribution in [3.8, 4) is 0 Å². The average Bonchev–Trinajstić information content (AvgIpc) is 3.16. The van der Waals surface area contributed by atoms with Crippen LogP contribution >= 0.6 is 0 Å². The minimum absolute atomic E-state index is 0.374. The Hall–Kier alpha value is -0.610. The van der Waals surface area contributed by atoms with Crippen molar-refractivity contribution in [2.24, 2.45) is 5.92 Å². The molecule has 3 saturated heterocycles. The lowest BCUT2D eigenvalue weighted by molar-refractivity contribution is -0.130. The van der Waals surface area contributed by atoms with E-state index in [0.29, 0.717) is 11.8 Å². The van der Waals surface area contributed by atoms with E-state index in [9.17, 15) is 4.79 Å². The molecule has 4 heteroatoms. The maximum absolute atomic E-state index is 12.2. The van der Waals surface area contributed by atoms with Gasteiger partial charge in [0.05, 0.1) is 0 Å². The first kappa shape index (κ1) is 14.3. The van der Waals surface area contributed by atoms with Crippen molar-refractivity contribution in [3.63, 3.8) is 0 Å². The van der Waals surface area contributed by atoms with Gasteiger partial charge in [-0.2, -0.15) is 0 Å². The summed E-state index contributed by atoms with van der Waals surface area (Å²) >= 11 is 0. The number of hydrogen-bond acceptors (Lipinski definition) is 3. The molecular weight excluding hydrogens is 250 g/mol. The van der Waals surface area contributed by atoms with Gasteiger partial charge in [0, 0.05) is 38.6 Å². The predicted octanol–water partition coefficient (Wildman–Crippen LogP) is 1.41. The van der Waals surface area contributed by atoms with Crippen LogP contribution in [0.3, 0.4) is 0 Å². The molecule has 2 unspecified atom stereocenters. The van der Waals surface area contributed by atoms with Crippen molar-refractivity contribution in [1.29, 1.82) is 0 Å². The highest BCUT2D eigenvalue weighted by Gasteiger charge is 2.30. The van der Waals surface area contributed by atoms with Gasteiger partial charge in [0.2, 0.25) is 5.91 Å². The van der Waals surface area contributed by atoms with Crippen molar-refractivity contribution in [1.82, 2.24) is 14.7 Å². The molecule has 20 heavy (non-hydrogen) atoms. The second kappa shape index (κ2) is 6.44. The van der Waals surface area contributed by atoms with Crippen LogP contribution in [0.1, 0.15) is 39.0 Å². The maximum atomic E-state index is 12.2. The largest absolute Gasteiger partial charge is 0.342 e. The average molecular weight is 279 g/mol. The van der Waals surface area contributed by atoms with E-state index in [2.05, 4.69) is 21.6 Å². The van der Waals surface area contributed by atoms with Gasteiger partial charge in [-0.05, 0) is 51.2 Å². The lowest BCUT2D eigenvalue weighted by atomic mass is 10.2. The summed E-state index contributed by atoms with van der Waals surface area (Å²) in [7, 11) is 0. The Morgan fingerprint density at radius 3 is 2.55 bits per heavy atom. The Morgan fingerprint density at radius 1 is 1.05 bits per heavy atom. The summed E-state index contributed by atoms with van der Waals surface area (Å²) in [5.41, 5.74) is 0. The lowest BCUT2D eigenvalue weighted by Gasteiger charge is -2.24. The predicted molar refractivity (Wildman–Crippen MR) is 80.6 cm³/mol. The fraction of sp³-hybridized carbons (Fsp3) is 0.938. The van der Waals surface area contributed by atoms with Crippen molar-refractivity contribution < 1.29 is 4.79 Å². The highest BCUT2D eigenvalue weighted by molar-refractivity contribution is 5.76. The number of amides is 1. The van der Waals surface area contributed by atoms with E-state index in [4.69, 9.17) is 0 Å². The molecule has 0 aromatic carbocycles. The number of carbonyl (C=O) groups excluding carboxylic acids is 1. The van der Waals surface area contributed by atoms with E-state index in [1.807, 2.05) is 0 Å². The Kier molecular flexibility index (Phi) is 4.61. The Labute approximate surface area is 123 Å². The highest BCUT2D eigenvalue weighted by atomic mass is 16.2. The van der Waals surface area contributed by atoms with Gasteiger partial charge >= 0.3 is 0 Å². The standard InChI is InChI=1S/C16H29N3O/c1-14-4-11-19(12-14)16(20)6-10-17-9-5-15(13-17)18-7-2-3-8-18/h14-15H,2-13H2,1H3. The molecule has 1 amide bonds. The van der Waals surface area contributed by atoms with Gasteiger partial charge in [0.1, 0.15) is 0 Å². The monoisotopic (exact) mass is 279 g/mol. The van der Waals surface area contributed by atoms with Crippen molar-refractivity contribution in [2.45, 2.75) is 45.1 Å². The molecule has 0 bridgehead atoms. The maximum Gasteiger partial charge on any atom is 0.223 e. The molecule has 0 aromatic rings. The fourth-order valence-electron chi connectivity index (χ4n) is 3.99. The first-order chi connectivity index (χ1) is 9.72. The molecule has 3 aliphatic rings. The molecule has 0 spiro atoms. The van der Waals surface area contributed by atoms with E-state index in [0.717, 1.165) is 32.1 Å². The summed E-state index contributed by atoms with van der Waals surface area (Å²) in [4.78, 5) is 19.4. The number of rotatable bonds is 4. The molecule has 0 radical (unpaired) electrons. The van der Waals surface area contributed by atoms with E-state index in [1.54, 1.807) is 0 Å². The lowest BCUT2D eigenvalue weighted by Crippen LogP contribution is -2.36. The molecule has 0 N–H and O–H groups in total. The molecule has 3 fully saturated rings.